The molecule has 1 unspecified atom stereocenters. The first kappa shape index (κ1) is 17.1. The van der Waals surface area contributed by atoms with Gasteiger partial charge in [0.2, 0.25) is 0 Å². The summed E-state index contributed by atoms with van der Waals surface area (Å²) in [5.74, 6) is 0.276. The smallest absolute Gasteiger partial charge is 0.312 e. The topological polar surface area (TPSA) is 15.3 Å². The van der Waals surface area contributed by atoms with Gasteiger partial charge in [-0.2, -0.15) is 13.2 Å². The van der Waals surface area contributed by atoms with Crippen LogP contribution in [0.2, 0.25) is 5.02 Å². The second kappa shape index (κ2) is 7.31. The van der Waals surface area contributed by atoms with E-state index in [1.54, 1.807) is 0 Å². The molecule has 1 aromatic rings. The molecule has 1 aliphatic heterocycles. The van der Waals surface area contributed by atoms with Crippen molar-refractivity contribution in [1.82, 2.24) is 10.2 Å². The molecule has 0 bridgehead atoms. The van der Waals surface area contributed by atoms with Gasteiger partial charge in [-0.1, -0.05) is 33.6 Å². The maximum absolute atomic E-state index is 12.3. The number of nitrogens with zero attached hydrogens (tertiary/aromatic N) is 1. The summed E-state index contributed by atoms with van der Waals surface area (Å²) in [7, 11) is 0. The van der Waals surface area contributed by atoms with Crippen LogP contribution in [0, 0.1) is 5.92 Å². The highest BCUT2D eigenvalue weighted by Crippen LogP contribution is 2.23. The fourth-order valence-corrected chi connectivity index (χ4v) is 3.38. The third-order valence-corrected chi connectivity index (χ3v) is 4.51. The minimum atomic E-state index is -4.10. The first-order chi connectivity index (χ1) is 9.83. The minimum Gasteiger partial charge on any atom is -0.312 e. The molecule has 0 amide bonds. The van der Waals surface area contributed by atoms with Crippen molar-refractivity contribution in [1.29, 1.82) is 0 Å². The lowest BCUT2D eigenvalue weighted by Crippen LogP contribution is -2.33. The van der Waals surface area contributed by atoms with E-state index in [0.29, 0.717) is 24.7 Å². The number of benzene rings is 1. The molecule has 2 nitrogen and oxygen atoms in total. The Morgan fingerprint density at radius 3 is 2.81 bits per heavy atom. The van der Waals surface area contributed by atoms with Crippen LogP contribution < -0.4 is 5.32 Å². The summed E-state index contributed by atoms with van der Waals surface area (Å²) in [5, 5.41) is 3.98. The van der Waals surface area contributed by atoms with Gasteiger partial charge in [0.25, 0.3) is 0 Å². The molecule has 0 aliphatic carbocycles. The van der Waals surface area contributed by atoms with E-state index in [1.807, 2.05) is 18.2 Å². The number of rotatable bonds is 5. The van der Waals surface area contributed by atoms with Gasteiger partial charge < -0.3 is 5.32 Å². The number of likely N-dealkylation sites (tertiary alicyclic amines) is 1. The number of nitrogens with one attached hydrogen (secondary N) is 1. The van der Waals surface area contributed by atoms with Crippen molar-refractivity contribution >= 4 is 27.5 Å². The van der Waals surface area contributed by atoms with Crippen LogP contribution >= 0.6 is 27.5 Å². The number of hydrogen-bond acceptors (Lipinski definition) is 2. The van der Waals surface area contributed by atoms with Gasteiger partial charge in [0.05, 0.1) is 6.54 Å². The van der Waals surface area contributed by atoms with Crippen molar-refractivity contribution in [3.8, 4) is 0 Å². The van der Waals surface area contributed by atoms with Gasteiger partial charge >= 0.3 is 6.18 Å². The van der Waals surface area contributed by atoms with E-state index < -0.39 is 12.7 Å². The van der Waals surface area contributed by atoms with Crippen molar-refractivity contribution in [2.45, 2.75) is 19.1 Å². The lowest BCUT2D eigenvalue weighted by molar-refractivity contribution is -0.143. The maximum Gasteiger partial charge on any atom is 0.401 e. The first-order valence-electron chi connectivity index (χ1n) is 6.77. The summed E-state index contributed by atoms with van der Waals surface area (Å²) in [6, 6.07) is 5.59. The Bertz CT molecular complexity index is 482. The van der Waals surface area contributed by atoms with E-state index in [2.05, 4.69) is 21.2 Å². The largest absolute Gasteiger partial charge is 0.401 e. The zero-order chi connectivity index (χ0) is 15.5. The van der Waals surface area contributed by atoms with E-state index in [9.17, 15) is 13.2 Å². The van der Waals surface area contributed by atoms with E-state index in [-0.39, 0.29) is 5.92 Å². The zero-order valence-corrected chi connectivity index (χ0v) is 13.7. The van der Waals surface area contributed by atoms with E-state index in [1.165, 1.54) is 4.90 Å². The highest BCUT2D eigenvalue weighted by molar-refractivity contribution is 9.10. The third kappa shape index (κ3) is 5.77. The summed E-state index contributed by atoms with van der Waals surface area (Å²) >= 11 is 9.32. The van der Waals surface area contributed by atoms with Crippen molar-refractivity contribution in [3.63, 3.8) is 0 Å². The van der Waals surface area contributed by atoms with Crippen LogP contribution in [-0.4, -0.2) is 37.3 Å². The molecule has 1 aliphatic rings. The average molecular weight is 386 g/mol. The highest BCUT2D eigenvalue weighted by atomic mass is 79.9. The Kier molecular flexibility index (Phi) is 5.94. The molecule has 1 fully saturated rings. The zero-order valence-electron chi connectivity index (χ0n) is 11.4. The van der Waals surface area contributed by atoms with Crippen LogP contribution in [-0.2, 0) is 6.54 Å². The van der Waals surface area contributed by atoms with Crippen LogP contribution in [0.25, 0.3) is 0 Å². The Labute approximate surface area is 135 Å². The lowest BCUT2D eigenvalue weighted by Gasteiger charge is -2.18. The SMILES string of the molecule is FC(F)(F)CN1CCC(CNCc2ccc(Cl)cc2Br)C1. The lowest BCUT2D eigenvalue weighted by atomic mass is 10.1. The van der Waals surface area contributed by atoms with E-state index in [0.717, 1.165) is 23.0 Å². The fourth-order valence-electron chi connectivity index (χ4n) is 2.55. The number of halogens is 5. The highest BCUT2D eigenvalue weighted by Gasteiger charge is 2.34. The molecule has 1 N–H and O–H groups in total. The molecule has 1 aromatic carbocycles. The van der Waals surface area contributed by atoms with Gasteiger partial charge in [0.1, 0.15) is 0 Å². The predicted octanol–water partition coefficient (Wildman–Crippen LogP) is 4.08. The van der Waals surface area contributed by atoms with Gasteiger partial charge in [-0.3, -0.25) is 4.90 Å². The predicted molar refractivity (Wildman–Crippen MR) is 81.5 cm³/mol. The molecule has 0 saturated carbocycles. The molecule has 0 aromatic heterocycles. The fraction of sp³-hybridized carbons (Fsp3) is 0.571. The standard InChI is InChI=1S/C14H17BrClF3N2/c15-13-5-12(16)2-1-11(13)7-20-6-10-3-4-21(8-10)9-14(17,18)19/h1-2,5,10,20H,3-4,6-9H2. The van der Waals surface area contributed by atoms with E-state index >= 15 is 0 Å². The Morgan fingerprint density at radius 1 is 1.38 bits per heavy atom. The molecule has 7 heteroatoms. The summed E-state index contributed by atoms with van der Waals surface area (Å²) in [4.78, 5) is 1.48. The molecule has 1 heterocycles. The molecule has 21 heavy (non-hydrogen) atoms. The van der Waals surface area contributed by atoms with Crippen LogP contribution in [0.3, 0.4) is 0 Å². The molecular formula is C14H17BrClF3N2. The molecule has 118 valence electrons. The summed E-state index contributed by atoms with van der Waals surface area (Å²) in [6.45, 7) is 1.63. The quantitative estimate of drug-likeness (QED) is 0.822. The van der Waals surface area contributed by atoms with Crippen molar-refractivity contribution in [3.05, 3.63) is 33.3 Å². The van der Waals surface area contributed by atoms with Crippen molar-refractivity contribution < 1.29 is 13.2 Å². The monoisotopic (exact) mass is 384 g/mol. The summed E-state index contributed by atoms with van der Waals surface area (Å²) < 4.78 is 37.9. The second-order valence-electron chi connectivity index (χ2n) is 5.37. The van der Waals surface area contributed by atoms with Gasteiger partial charge in [-0.25, -0.2) is 0 Å². The third-order valence-electron chi connectivity index (χ3n) is 3.54. The summed E-state index contributed by atoms with van der Waals surface area (Å²) in [6.07, 6.45) is -3.29. The van der Waals surface area contributed by atoms with E-state index in [4.69, 9.17) is 11.6 Å². The summed E-state index contributed by atoms with van der Waals surface area (Å²) in [5.41, 5.74) is 1.09. The minimum absolute atomic E-state index is 0.276. The van der Waals surface area contributed by atoms with Crippen LogP contribution in [0.5, 0.6) is 0 Å². The Hall–Kier alpha value is -0.300. The van der Waals surface area contributed by atoms with Gasteiger partial charge in [-0.05, 0) is 43.1 Å². The second-order valence-corrected chi connectivity index (χ2v) is 6.66. The normalized spacial score (nSPS) is 20.1. The van der Waals surface area contributed by atoms with Crippen LogP contribution in [0.1, 0.15) is 12.0 Å². The van der Waals surface area contributed by atoms with Gasteiger partial charge in [0, 0.05) is 22.6 Å². The first-order valence-corrected chi connectivity index (χ1v) is 7.94. The Morgan fingerprint density at radius 2 is 2.14 bits per heavy atom. The van der Waals surface area contributed by atoms with Crippen LogP contribution in [0.4, 0.5) is 13.2 Å². The number of alkyl halides is 3. The van der Waals surface area contributed by atoms with Gasteiger partial charge in [-0.15, -0.1) is 0 Å². The van der Waals surface area contributed by atoms with Gasteiger partial charge in [0.15, 0.2) is 0 Å². The molecule has 1 atom stereocenters. The molecule has 0 radical (unpaired) electrons. The number of hydrogen-bond donors (Lipinski definition) is 1. The van der Waals surface area contributed by atoms with Crippen molar-refractivity contribution in [2.75, 3.05) is 26.2 Å². The molecule has 0 spiro atoms. The van der Waals surface area contributed by atoms with Crippen LogP contribution in [0.15, 0.2) is 22.7 Å². The maximum atomic E-state index is 12.3. The Balaban J connectivity index is 1.72. The molecular weight excluding hydrogens is 369 g/mol. The average Bonchev–Trinajstić information content (AvgIpc) is 2.77. The molecule has 1 saturated heterocycles. The molecule has 2 rings (SSSR count). The van der Waals surface area contributed by atoms with Crippen molar-refractivity contribution in [2.24, 2.45) is 5.92 Å².